The van der Waals surface area contributed by atoms with E-state index in [1.807, 2.05) is 29.6 Å². The number of carbonyl (C=O) groups excluding carboxylic acids is 1. The minimum absolute atomic E-state index is 0.131. The van der Waals surface area contributed by atoms with Crippen LogP contribution in [0.25, 0.3) is 10.6 Å². The van der Waals surface area contributed by atoms with Crippen LogP contribution in [0.1, 0.15) is 12.8 Å². The third-order valence-corrected chi connectivity index (χ3v) is 3.89. The number of hydrogen-bond acceptors (Lipinski definition) is 3. The lowest BCUT2D eigenvalue weighted by Gasteiger charge is -2.07. The maximum atomic E-state index is 11.6. The fourth-order valence-electron chi connectivity index (χ4n) is 1.80. The van der Waals surface area contributed by atoms with Crippen LogP contribution in [0.4, 0.5) is 10.5 Å². The first-order valence-corrected chi connectivity index (χ1v) is 7.24. The number of rotatable bonds is 4. The van der Waals surface area contributed by atoms with Crippen LogP contribution in [-0.4, -0.2) is 17.6 Å². The summed E-state index contributed by atoms with van der Waals surface area (Å²) in [5.41, 5.74) is 1.87. The molecule has 19 heavy (non-hydrogen) atoms. The molecular weight excluding hydrogens is 258 g/mol. The number of benzene rings is 1. The van der Waals surface area contributed by atoms with Crippen molar-refractivity contribution in [1.82, 2.24) is 10.3 Å². The van der Waals surface area contributed by atoms with E-state index in [1.54, 1.807) is 17.5 Å². The Labute approximate surface area is 115 Å². The highest BCUT2D eigenvalue weighted by Gasteiger charge is 2.21. The molecule has 1 aromatic carbocycles. The van der Waals surface area contributed by atoms with Crippen molar-refractivity contribution in [3.8, 4) is 10.6 Å². The maximum absolute atomic E-state index is 11.6. The number of nitrogens with zero attached hydrogens (tertiary/aromatic N) is 1. The molecule has 1 aliphatic carbocycles. The monoisotopic (exact) mass is 273 g/mol. The van der Waals surface area contributed by atoms with E-state index in [-0.39, 0.29) is 6.03 Å². The normalized spacial score (nSPS) is 14.1. The molecule has 0 radical (unpaired) electrons. The van der Waals surface area contributed by atoms with Gasteiger partial charge < -0.3 is 10.6 Å². The van der Waals surface area contributed by atoms with Crippen LogP contribution in [0.2, 0.25) is 0 Å². The molecule has 1 aromatic heterocycles. The molecule has 1 saturated carbocycles. The SMILES string of the molecule is O=C(NCC1CC1)Nc1ccc(-c2nccs2)cc1. The summed E-state index contributed by atoms with van der Waals surface area (Å²) in [4.78, 5) is 15.9. The number of amides is 2. The van der Waals surface area contributed by atoms with Crippen LogP contribution in [0.5, 0.6) is 0 Å². The van der Waals surface area contributed by atoms with E-state index in [0.717, 1.165) is 22.8 Å². The largest absolute Gasteiger partial charge is 0.338 e. The molecule has 0 aliphatic heterocycles. The van der Waals surface area contributed by atoms with Crippen molar-refractivity contribution in [2.24, 2.45) is 5.92 Å². The second kappa shape index (κ2) is 5.40. The summed E-state index contributed by atoms with van der Waals surface area (Å²) in [6.07, 6.45) is 4.27. The highest BCUT2D eigenvalue weighted by atomic mass is 32.1. The first-order valence-electron chi connectivity index (χ1n) is 6.36. The van der Waals surface area contributed by atoms with Crippen molar-refractivity contribution in [3.63, 3.8) is 0 Å². The number of anilines is 1. The van der Waals surface area contributed by atoms with Gasteiger partial charge in [0.15, 0.2) is 0 Å². The van der Waals surface area contributed by atoms with E-state index in [0.29, 0.717) is 5.92 Å². The van der Waals surface area contributed by atoms with Gasteiger partial charge in [-0.05, 0) is 43.0 Å². The molecule has 2 N–H and O–H groups in total. The molecule has 0 spiro atoms. The molecule has 0 saturated heterocycles. The van der Waals surface area contributed by atoms with Crippen molar-refractivity contribution >= 4 is 23.1 Å². The number of hydrogen-bond donors (Lipinski definition) is 2. The van der Waals surface area contributed by atoms with Gasteiger partial charge in [-0.15, -0.1) is 11.3 Å². The van der Waals surface area contributed by atoms with Crippen LogP contribution in [0, 0.1) is 5.92 Å². The van der Waals surface area contributed by atoms with Crippen molar-refractivity contribution in [3.05, 3.63) is 35.8 Å². The van der Waals surface area contributed by atoms with Gasteiger partial charge in [-0.25, -0.2) is 9.78 Å². The van der Waals surface area contributed by atoms with Gasteiger partial charge >= 0.3 is 6.03 Å². The predicted octanol–water partition coefficient (Wildman–Crippen LogP) is 3.34. The Morgan fingerprint density at radius 1 is 1.32 bits per heavy atom. The lowest BCUT2D eigenvalue weighted by molar-refractivity contribution is 0.251. The Hall–Kier alpha value is -1.88. The third kappa shape index (κ3) is 3.32. The molecule has 2 aromatic rings. The standard InChI is InChI=1S/C14H15N3OS/c18-14(16-9-10-1-2-10)17-12-5-3-11(4-6-12)13-15-7-8-19-13/h3-8,10H,1-2,9H2,(H2,16,17,18). The average Bonchev–Trinajstić information content (AvgIpc) is 3.10. The minimum Gasteiger partial charge on any atom is -0.338 e. The van der Waals surface area contributed by atoms with E-state index in [4.69, 9.17) is 0 Å². The summed E-state index contributed by atoms with van der Waals surface area (Å²) >= 11 is 1.60. The van der Waals surface area contributed by atoms with E-state index in [2.05, 4.69) is 15.6 Å². The Kier molecular flexibility index (Phi) is 3.46. The van der Waals surface area contributed by atoms with Gasteiger partial charge in [-0.1, -0.05) is 0 Å². The summed E-state index contributed by atoms with van der Waals surface area (Å²) in [6, 6.07) is 7.60. The Morgan fingerprint density at radius 3 is 2.74 bits per heavy atom. The van der Waals surface area contributed by atoms with Gasteiger partial charge in [-0.3, -0.25) is 0 Å². The molecule has 3 rings (SSSR count). The fraction of sp³-hybridized carbons (Fsp3) is 0.286. The molecule has 1 heterocycles. The van der Waals surface area contributed by atoms with Crippen molar-refractivity contribution < 1.29 is 4.79 Å². The minimum atomic E-state index is -0.131. The molecule has 5 heteroatoms. The van der Waals surface area contributed by atoms with Gasteiger partial charge in [0, 0.05) is 29.4 Å². The first-order chi connectivity index (χ1) is 9.31. The van der Waals surface area contributed by atoms with Crippen LogP contribution in [0.3, 0.4) is 0 Å². The van der Waals surface area contributed by atoms with Crippen molar-refractivity contribution in [2.75, 3.05) is 11.9 Å². The van der Waals surface area contributed by atoms with Gasteiger partial charge in [0.2, 0.25) is 0 Å². The summed E-state index contributed by atoms with van der Waals surface area (Å²) in [6.45, 7) is 0.781. The van der Waals surface area contributed by atoms with E-state index in [9.17, 15) is 4.79 Å². The Balaban J connectivity index is 1.57. The van der Waals surface area contributed by atoms with Crippen LogP contribution in [0.15, 0.2) is 35.8 Å². The van der Waals surface area contributed by atoms with E-state index < -0.39 is 0 Å². The maximum Gasteiger partial charge on any atom is 0.319 e. The lowest BCUT2D eigenvalue weighted by atomic mass is 10.2. The third-order valence-electron chi connectivity index (χ3n) is 3.07. The first kappa shape index (κ1) is 12.2. The smallest absolute Gasteiger partial charge is 0.319 e. The molecule has 0 bridgehead atoms. The second-order valence-electron chi connectivity index (χ2n) is 4.69. The van der Waals surface area contributed by atoms with E-state index in [1.165, 1.54) is 12.8 Å². The Morgan fingerprint density at radius 2 is 2.11 bits per heavy atom. The quantitative estimate of drug-likeness (QED) is 0.897. The highest BCUT2D eigenvalue weighted by molar-refractivity contribution is 7.13. The number of carbonyl (C=O) groups is 1. The van der Waals surface area contributed by atoms with Crippen molar-refractivity contribution in [2.45, 2.75) is 12.8 Å². The number of thiazole rings is 1. The topological polar surface area (TPSA) is 54.0 Å². The molecule has 2 amide bonds. The van der Waals surface area contributed by atoms with Gasteiger partial charge in [0.1, 0.15) is 5.01 Å². The van der Waals surface area contributed by atoms with Crippen LogP contribution >= 0.6 is 11.3 Å². The predicted molar refractivity (Wildman–Crippen MR) is 77.3 cm³/mol. The van der Waals surface area contributed by atoms with Crippen LogP contribution < -0.4 is 10.6 Å². The van der Waals surface area contributed by atoms with Gasteiger partial charge in [-0.2, -0.15) is 0 Å². The summed E-state index contributed by atoms with van der Waals surface area (Å²) in [7, 11) is 0. The molecular formula is C14H15N3OS. The number of aromatic nitrogens is 1. The lowest BCUT2D eigenvalue weighted by Crippen LogP contribution is -2.30. The average molecular weight is 273 g/mol. The molecule has 4 nitrogen and oxygen atoms in total. The summed E-state index contributed by atoms with van der Waals surface area (Å²) < 4.78 is 0. The van der Waals surface area contributed by atoms with Crippen molar-refractivity contribution in [1.29, 1.82) is 0 Å². The molecule has 0 atom stereocenters. The van der Waals surface area contributed by atoms with Crippen LogP contribution in [-0.2, 0) is 0 Å². The van der Waals surface area contributed by atoms with E-state index >= 15 is 0 Å². The Bertz CT molecular complexity index is 547. The fourth-order valence-corrected chi connectivity index (χ4v) is 2.44. The van der Waals surface area contributed by atoms with Gasteiger partial charge in [0.25, 0.3) is 0 Å². The molecule has 0 unspecified atom stereocenters. The second-order valence-corrected chi connectivity index (χ2v) is 5.59. The number of nitrogens with one attached hydrogen (secondary N) is 2. The molecule has 98 valence electrons. The summed E-state index contributed by atoms with van der Waals surface area (Å²) in [5.74, 6) is 0.693. The summed E-state index contributed by atoms with van der Waals surface area (Å²) in [5, 5.41) is 8.65. The zero-order valence-electron chi connectivity index (χ0n) is 10.4. The van der Waals surface area contributed by atoms with Gasteiger partial charge in [0.05, 0.1) is 0 Å². The molecule has 1 fully saturated rings. The zero-order valence-corrected chi connectivity index (χ0v) is 11.2. The highest BCUT2D eigenvalue weighted by Crippen LogP contribution is 2.27. The number of urea groups is 1. The molecule has 1 aliphatic rings. The zero-order chi connectivity index (χ0) is 13.1.